The van der Waals surface area contributed by atoms with Crippen LogP contribution in [-0.2, 0) is 12.8 Å². The molecule has 0 amide bonds. The van der Waals surface area contributed by atoms with Crippen LogP contribution in [0.5, 0.6) is 0 Å². The SMILES string of the molecule is OCC[C@@H](Nc1nc(-c2ccncc2)nc2c1CCC2)c1ccccc1. The lowest BCUT2D eigenvalue weighted by molar-refractivity contribution is 0.280. The summed E-state index contributed by atoms with van der Waals surface area (Å²) in [6, 6.07) is 14.1. The van der Waals surface area contributed by atoms with Gasteiger partial charge in [-0.15, -0.1) is 0 Å². The molecule has 26 heavy (non-hydrogen) atoms. The molecular weight excluding hydrogens is 324 g/mol. The predicted octanol–water partition coefficient (Wildman–Crippen LogP) is 3.56. The molecule has 4 rings (SSSR count). The second-order valence-electron chi connectivity index (χ2n) is 6.53. The number of rotatable bonds is 6. The van der Waals surface area contributed by atoms with Crippen LogP contribution in [0.4, 0.5) is 5.82 Å². The van der Waals surface area contributed by atoms with E-state index < -0.39 is 0 Å². The lowest BCUT2D eigenvalue weighted by Crippen LogP contribution is -2.15. The van der Waals surface area contributed by atoms with Crippen LogP contribution in [0.3, 0.4) is 0 Å². The van der Waals surface area contributed by atoms with Crippen LogP contribution >= 0.6 is 0 Å². The van der Waals surface area contributed by atoms with Gasteiger partial charge in [0, 0.05) is 35.8 Å². The van der Waals surface area contributed by atoms with E-state index in [9.17, 15) is 5.11 Å². The lowest BCUT2D eigenvalue weighted by Gasteiger charge is -2.21. The summed E-state index contributed by atoms with van der Waals surface area (Å²) >= 11 is 0. The molecule has 2 aromatic heterocycles. The second kappa shape index (κ2) is 7.62. The Balaban J connectivity index is 1.72. The molecule has 0 radical (unpaired) electrons. The van der Waals surface area contributed by atoms with Gasteiger partial charge >= 0.3 is 0 Å². The molecule has 1 aliphatic carbocycles. The van der Waals surface area contributed by atoms with E-state index in [4.69, 9.17) is 9.97 Å². The minimum absolute atomic E-state index is 0.0195. The van der Waals surface area contributed by atoms with Gasteiger partial charge in [-0.1, -0.05) is 30.3 Å². The quantitative estimate of drug-likeness (QED) is 0.714. The highest BCUT2D eigenvalue weighted by Gasteiger charge is 2.22. The average molecular weight is 346 g/mol. The van der Waals surface area contributed by atoms with Crippen LogP contribution in [0.1, 0.15) is 35.7 Å². The van der Waals surface area contributed by atoms with Gasteiger partial charge in [0.05, 0.1) is 6.04 Å². The maximum Gasteiger partial charge on any atom is 0.161 e. The summed E-state index contributed by atoms with van der Waals surface area (Å²) in [7, 11) is 0. The number of pyridine rings is 1. The Hall–Kier alpha value is -2.79. The number of aryl methyl sites for hydroxylation is 1. The normalized spacial score (nSPS) is 14.0. The summed E-state index contributed by atoms with van der Waals surface area (Å²) in [6.07, 6.45) is 7.24. The molecule has 0 unspecified atom stereocenters. The molecule has 1 atom stereocenters. The van der Waals surface area contributed by atoms with E-state index in [1.807, 2.05) is 30.3 Å². The summed E-state index contributed by atoms with van der Waals surface area (Å²) in [6.45, 7) is 0.122. The topological polar surface area (TPSA) is 70.9 Å². The first-order valence-electron chi connectivity index (χ1n) is 9.07. The Morgan fingerprint density at radius 2 is 1.81 bits per heavy atom. The third-order valence-corrected chi connectivity index (χ3v) is 4.80. The van der Waals surface area contributed by atoms with Gasteiger partial charge in [0.25, 0.3) is 0 Å². The van der Waals surface area contributed by atoms with Crippen molar-refractivity contribution in [2.75, 3.05) is 11.9 Å². The van der Waals surface area contributed by atoms with E-state index in [0.717, 1.165) is 47.7 Å². The number of benzene rings is 1. The summed E-state index contributed by atoms with van der Waals surface area (Å²) < 4.78 is 0. The molecule has 3 aromatic rings. The van der Waals surface area contributed by atoms with Gasteiger partial charge in [-0.3, -0.25) is 4.98 Å². The van der Waals surface area contributed by atoms with Gasteiger partial charge in [0.1, 0.15) is 5.82 Å². The van der Waals surface area contributed by atoms with Crippen LogP contribution in [0.15, 0.2) is 54.9 Å². The van der Waals surface area contributed by atoms with Crippen LogP contribution < -0.4 is 5.32 Å². The van der Waals surface area contributed by atoms with Crippen LogP contribution in [-0.4, -0.2) is 26.7 Å². The van der Waals surface area contributed by atoms with Crippen molar-refractivity contribution in [1.82, 2.24) is 15.0 Å². The van der Waals surface area contributed by atoms with Crippen molar-refractivity contribution in [3.05, 3.63) is 71.7 Å². The van der Waals surface area contributed by atoms with E-state index in [-0.39, 0.29) is 12.6 Å². The molecule has 0 saturated heterocycles. The molecule has 0 spiro atoms. The average Bonchev–Trinajstić information content (AvgIpc) is 3.18. The number of nitrogens with one attached hydrogen (secondary N) is 1. The van der Waals surface area contributed by atoms with Gasteiger partial charge in [-0.25, -0.2) is 9.97 Å². The van der Waals surface area contributed by atoms with E-state index in [1.165, 1.54) is 5.56 Å². The first kappa shape index (κ1) is 16.7. The first-order chi connectivity index (χ1) is 12.8. The van der Waals surface area contributed by atoms with Crippen molar-refractivity contribution in [1.29, 1.82) is 0 Å². The molecule has 0 saturated carbocycles. The second-order valence-corrected chi connectivity index (χ2v) is 6.53. The number of fused-ring (bicyclic) bond motifs is 1. The number of aliphatic hydroxyl groups excluding tert-OH is 1. The lowest BCUT2D eigenvalue weighted by atomic mass is 10.0. The minimum atomic E-state index is 0.0195. The molecule has 0 aliphatic heterocycles. The molecule has 132 valence electrons. The maximum absolute atomic E-state index is 9.52. The van der Waals surface area contributed by atoms with Crippen molar-refractivity contribution in [3.8, 4) is 11.4 Å². The Bertz CT molecular complexity index is 868. The molecule has 0 bridgehead atoms. The van der Waals surface area contributed by atoms with E-state index in [2.05, 4.69) is 22.4 Å². The fourth-order valence-corrected chi connectivity index (χ4v) is 3.48. The Morgan fingerprint density at radius 3 is 2.58 bits per heavy atom. The zero-order chi connectivity index (χ0) is 17.8. The molecule has 2 N–H and O–H groups in total. The summed E-state index contributed by atoms with van der Waals surface area (Å²) in [5.41, 5.74) is 4.46. The molecule has 0 fully saturated rings. The predicted molar refractivity (Wildman–Crippen MR) is 102 cm³/mol. The van der Waals surface area contributed by atoms with E-state index >= 15 is 0 Å². The van der Waals surface area contributed by atoms with Gasteiger partial charge < -0.3 is 10.4 Å². The fraction of sp³-hybridized carbons (Fsp3) is 0.286. The zero-order valence-electron chi connectivity index (χ0n) is 14.6. The molecule has 5 nitrogen and oxygen atoms in total. The van der Waals surface area contributed by atoms with Crippen molar-refractivity contribution >= 4 is 5.82 Å². The highest BCUT2D eigenvalue weighted by Crippen LogP contribution is 2.32. The van der Waals surface area contributed by atoms with Crippen molar-refractivity contribution < 1.29 is 5.11 Å². The molecule has 5 heteroatoms. The Labute approximate surface area is 153 Å². The van der Waals surface area contributed by atoms with Crippen LogP contribution in [0, 0.1) is 0 Å². The van der Waals surface area contributed by atoms with Crippen molar-refractivity contribution in [3.63, 3.8) is 0 Å². The molecule has 2 heterocycles. The fourth-order valence-electron chi connectivity index (χ4n) is 3.48. The van der Waals surface area contributed by atoms with Gasteiger partial charge in [0.2, 0.25) is 0 Å². The number of aliphatic hydroxyl groups is 1. The molecule has 1 aromatic carbocycles. The summed E-state index contributed by atoms with van der Waals surface area (Å²) in [5.74, 6) is 1.62. The highest BCUT2D eigenvalue weighted by molar-refractivity contribution is 5.60. The van der Waals surface area contributed by atoms with E-state index in [0.29, 0.717) is 6.42 Å². The van der Waals surface area contributed by atoms with Crippen molar-refractivity contribution in [2.45, 2.75) is 31.7 Å². The third-order valence-electron chi connectivity index (χ3n) is 4.80. The van der Waals surface area contributed by atoms with Crippen LogP contribution in [0.25, 0.3) is 11.4 Å². The van der Waals surface area contributed by atoms with E-state index in [1.54, 1.807) is 12.4 Å². The molecule has 1 aliphatic rings. The van der Waals surface area contributed by atoms with Crippen LogP contribution in [0.2, 0.25) is 0 Å². The number of anilines is 1. The monoisotopic (exact) mass is 346 g/mol. The Morgan fingerprint density at radius 1 is 1.00 bits per heavy atom. The van der Waals surface area contributed by atoms with Gasteiger partial charge in [-0.2, -0.15) is 0 Å². The number of nitrogens with zero attached hydrogens (tertiary/aromatic N) is 3. The van der Waals surface area contributed by atoms with Crippen molar-refractivity contribution in [2.24, 2.45) is 0 Å². The van der Waals surface area contributed by atoms with Gasteiger partial charge in [-0.05, 0) is 43.4 Å². The Kier molecular flexibility index (Phi) is 4.88. The minimum Gasteiger partial charge on any atom is -0.396 e. The standard InChI is InChI=1S/C21H22N4O/c26-14-11-18(15-5-2-1-3-6-15)23-21-17-7-4-8-19(17)24-20(25-21)16-9-12-22-13-10-16/h1-3,5-6,9-10,12-13,18,26H,4,7-8,11,14H2,(H,23,24,25)/t18-/m1/s1. The summed E-state index contributed by atoms with van der Waals surface area (Å²) in [4.78, 5) is 13.7. The number of hydrogen-bond donors (Lipinski definition) is 2. The highest BCUT2D eigenvalue weighted by atomic mass is 16.3. The number of aromatic nitrogens is 3. The number of hydrogen-bond acceptors (Lipinski definition) is 5. The largest absolute Gasteiger partial charge is 0.396 e. The zero-order valence-corrected chi connectivity index (χ0v) is 14.6. The first-order valence-corrected chi connectivity index (χ1v) is 9.07. The third kappa shape index (κ3) is 3.44. The smallest absolute Gasteiger partial charge is 0.161 e. The summed E-state index contributed by atoms with van der Waals surface area (Å²) in [5, 5.41) is 13.1. The maximum atomic E-state index is 9.52. The van der Waals surface area contributed by atoms with Gasteiger partial charge in [0.15, 0.2) is 5.82 Å². The molecular formula is C21H22N4O.